The molecule has 34 heavy (non-hydrogen) atoms. The molecule has 8 heteroatoms. The molecule has 2 aromatic heterocycles. The molecule has 3 atom stereocenters. The highest BCUT2D eigenvalue weighted by Gasteiger charge is 2.32. The minimum absolute atomic E-state index is 0.194. The molecule has 0 spiro atoms. The van der Waals surface area contributed by atoms with Gasteiger partial charge >= 0.3 is 0 Å². The lowest BCUT2D eigenvalue weighted by molar-refractivity contribution is 0.0933. The molecule has 0 saturated heterocycles. The zero-order chi connectivity index (χ0) is 24.1. The summed E-state index contributed by atoms with van der Waals surface area (Å²) in [5.74, 6) is 3.23. The number of benzene rings is 1. The summed E-state index contributed by atoms with van der Waals surface area (Å²) in [5.41, 5.74) is 2.50. The summed E-state index contributed by atoms with van der Waals surface area (Å²) in [6.07, 6.45) is 8.58. The van der Waals surface area contributed by atoms with E-state index in [4.69, 9.17) is 9.15 Å². The van der Waals surface area contributed by atoms with Gasteiger partial charge in [-0.25, -0.2) is 4.98 Å². The van der Waals surface area contributed by atoms with Crippen LogP contribution < -0.4 is 10.1 Å². The minimum atomic E-state index is -0.194. The molecular weight excluding hydrogens is 430 g/mol. The van der Waals surface area contributed by atoms with Crippen LogP contribution in [0.15, 0.2) is 58.9 Å². The molecule has 0 aliphatic heterocycles. The molecule has 1 aromatic carbocycles. The molecule has 1 amide bonds. The third-order valence-corrected chi connectivity index (χ3v) is 6.60. The van der Waals surface area contributed by atoms with Crippen molar-refractivity contribution in [1.29, 1.82) is 0 Å². The van der Waals surface area contributed by atoms with Crippen LogP contribution in [-0.2, 0) is 6.42 Å². The maximum atomic E-state index is 12.4. The van der Waals surface area contributed by atoms with Gasteiger partial charge in [-0.1, -0.05) is 25.5 Å². The van der Waals surface area contributed by atoms with Crippen LogP contribution in [0.25, 0.3) is 11.5 Å². The van der Waals surface area contributed by atoms with Gasteiger partial charge in [-0.2, -0.15) is 0 Å². The van der Waals surface area contributed by atoms with Crippen LogP contribution in [0, 0.1) is 23.7 Å². The molecule has 2 heterocycles. The number of methoxy groups -OCH3 is 1. The number of hydrogen-bond acceptors (Lipinski definition) is 7. The third kappa shape index (κ3) is 5.50. The number of carbonyl (C=O) groups is 1. The summed E-state index contributed by atoms with van der Waals surface area (Å²) in [4.78, 5) is 20.5. The van der Waals surface area contributed by atoms with Crippen LogP contribution in [0.5, 0.6) is 5.75 Å². The first-order chi connectivity index (χ1) is 16.4. The van der Waals surface area contributed by atoms with Gasteiger partial charge < -0.3 is 14.5 Å². The monoisotopic (exact) mass is 461 g/mol. The summed E-state index contributed by atoms with van der Waals surface area (Å²) in [6, 6.07) is 7.58. The van der Waals surface area contributed by atoms with Gasteiger partial charge in [0, 0.05) is 30.9 Å². The van der Waals surface area contributed by atoms with Crippen LogP contribution in [0.2, 0.25) is 0 Å². The van der Waals surface area contributed by atoms with Crippen molar-refractivity contribution in [2.75, 3.05) is 13.7 Å². The van der Waals surface area contributed by atoms with Crippen LogP contribution in [-0.4, -0.2) is 39.7 Å². The van der Waals surface area contributed by atoms with Crippen molar-refractivity contribution in [2.45, 2.75) is 33.6 Å². The molecule has 3 aromatic rings. The first-order valence-electron chi connectivity index (χ1n) is 11.6. The van der Waals surface area contributed by atoms with Gasteiger partial charge in [0.1, 0.15) is 11.4 Å². The lowest BCUT2D eigenvalue weighted by Crippen LogP contribution is -2.37. The van der Waals surface area contributed by atoms with Crippen LogP contribution in [0.3, 0.4) is 0 Å². The Balaban J connectivity index is 1.42. The number of nitrogens with zero attached hydrogens (tertiary/aromatic N) is 4. The zero-order valence-electron chi connectivity index (χ0n) is 20.1. The molecular formula is C26H31N5O3. The second-order valence-electron chi connectivity index (χ2n) is 9.15. The molecule has 0 fully saturated rings. The summed E-state index contributed by atoms with van der Waals surface area (Å²) in [6.45, 7) is 7.20. The number of ether oxygens (including phenoxy) is 1. The Kier molecular flexibility index (Phi) is 7.35. The van der Waals surface area contributed by atoms with Crippen molar-refractivity contribution in [3.8, 4) is 17.2 Å². The number of rotatable bonds is 8. The standard InChI is InChI=1S/C26H31N5O3/c1-16(2)22-12-19(13-24-30-31-26(34-24)18-5-7-21(33-4)8-6-18)17(3)11-20(22)14-29-25(32)23-15-27-9-10-28-23/h5-11,15-16,19-20,22H,12-14H2,1-4H3,(H,29,32)/t19-,20-,22-/m0/s1. The number of hydrogen-bond donors (Lipinski definition) is 1. The van der Waals surface area contributed by atoms with Crippen molar-refractivity contribution < 1.29 is 13.9 Å². The van der Waals surface area contributed by atoms with E-state index in [0.29, 0.717) is 48.2 Å². The van der Waals surface area contributed by atoms with Crippen LogP contribution in [0.4, 0.5) is 0 Å². The Morgan fingerprint density at radius 3 is 2.68 bits per heavy atom. The van der Waals surface area contributed by atoms with Crippen molar-refractivity contribution in [2.24, 2.45) is 23.7 Å². The van der Waals surface area contributed by atoms with E-state index in [9.17, 15) is 4.79 Å². The number of amides is 1. The van der Waals surface area contributed by atoms with E-state index in [1.54, 1.807) is 13.3 Å². The van der Waals surface area contributed by atoms with Gasteiger partial charge in [0.15, 0.2) is 0 Å². The van der Waals surface area contributed by atoms with E-state index in [1.165, 1.54) is 18.0 Å². The largest absolute Gasteiger partial charge is 0.497 e. The first kappa shape index (κ1) is 23.6. The van der Waals surface area contributed by atoms with Gasteiger partial charge in [0.05, 0.1) is 13.3 Å². The SMILES string of the molecule is COc1ccc(-c2nnc(C[C@@H]3C[C@@H](C(C)C)[C@H](CNC(=O)c4cnccn4)C=C3C)o2)cc1. The Hall–Kier alpha value is -3.55. The molecule has 0 saturated carbocycles. The van der Waals surface area contributed by atoms with Gasteiger partial charge in [-0.15, -0.1) is 10.2 Å². The molecule has 0 unspecified atom stereocenters. The minimum Gasteiger partial charge on any atom is -0.497 e. The van der Waals surface area contributed by atoms with Gasteiger partial charge in [-0.05, 0) is 61.3 Å². The highest BCUT2D eigenvalue weighted by atomic mass is 16.5. The quantitative estimate of drug-likeness (QED) is 0.497. The summed E-state index contributed by atoms with van der Waals surface area (Å²) in [7, 11) is 1.64. The zero-order valence-corrected chi connectivity index (χ0v) is 20.1. The average molecular weight is 462 g/mol. The lowest BCUT2D eigenvalue weighted by atomic mass is 9.70. The summed E-state index contributed by atoms with van der Waals surface area (Å²) >= 11 is 0. The van der Waals surface area contributed by atoms with Crippen LogP contribution in [0.1, 0.15) is 43.6 Å². The molecule has 4 rings (SSSR count). The smallest absolute Gasteiger partial charge is 0.271 e. The Morgan fingerprint density at radius 2 is 2.00 bits per heavy atom. The fourth-order valence-corrected chi connectivity index (χ4v) is 4.62. The first-order valence-corrected chi connectivity index (χ1v) is 11.6. The predicted molar refractivity (Wildman–Crippen MR) is 128 cm³/mol. The number of allylic oxidation sites excluding steroid dienone is 1. The highest BCUT2D eigenvalue weighted by molar-refractivity contribution is 5.91. The van der Waals surface area contributed by atoms with Crippen LogP contribution >= 0.6 is 0 Å². The van der Waals surface area contributed by atoms with E-state index in [1.807, 2.05) is 24.3 Å². The van der Waals surface area contributed by atoms with Gasteiger partial charge in [-0.3, -0.25) is 9.78 Å². The topological polar surface area (TPSA) is 103 Å². The van der Waals surface area contributed by atoms with Gasteiger partial charge in [0.25, 0.3) is 5.91 Å². The molecule has 1 aliphatic rings. The maximum absolute atomic E-state index is 12.4. The lowest BCUT2D eigenvalue weighted by Gasteiger charge is -2.37. The maximum Gasteiger partial charge on any atom is 0.271 e. The highest BCUT2D eigenvalue weighted by Crippen LogP contribution is 2.39. The van der Waals surface area contributed by atoms with Crippen molar-refractivity contribution in [1.82, 2.24) is 25.5 Å². The van der Waals surface area contributed by atoms with E-state index in [2.05, 4.69) is 52.3 Å². The van der Waals surface area contributed by atoms with E-state index >= 15 is 0 Å². The third-order valence-electron chi connectivity index (χ3n) is 6.60. The fourth-order valence-electron chi connectivity index (χ4n) is 4.62. The summed E-state index contributed by atoms with van der Waals surface area (Å²) in [5, 5.41) is 11.6. The van der Waals surface area contributed by atoms with Crippen molar-refractivity contribution in [3.05, 3.63) is 66.1 Å². The van der Waals surface area contributed by atoms with Gasteiger partial charge in [0.2, 0.25) is 11.8 Å². The van der Waals surface area contributed by atoms with E-state index < -0.39 is 0 Å². The number of nitrogens with one attached hydrogen (secondary N) is 1. The second-order valence-corrected chi connectivity index (χ2v) is 9.15. The average Bonchev–Trinajstić information content (AvgIpc) is 3.32. The van der Waals surface area contributed by atoms with Crippen molar-refractivity contribution >= 4 is 5.91 Å². The summed E-state index contributed by atoms with van der Waals surface area (Å²) < 4.78 is 11.2. The normalized spacial score (nSPS) is 20.1. The molecule has 0 radical (unpaired) electrons. The fraction of sp³-hybridized carbons (Fsp3) is 0.423. The number of aromatic nitrogens is 4. The molecule has 1 N–H and O–H groups in total. The predicted octanol–water partition coefficient (Wildman–Crippen LogP) is 4.36. The Labute approximate surface area is 199 Å². The molecule has 1 aliphatic carbocycles. The van der Waals surface area contributed by atoms with Crippen molar-refractivity contribution in [3.63, 3.8) is 0 Å². The Bertz CT molecular complexity index is 1120. The van der Waals surface area contributed by atoms with E-state index in [0.717, 1.165) is 17.7 Å². The Morgan fingerprint density at radius 1 is 1.21 bits per heavy atom. The second kappa shape index (κ2) is 10.6. The molecule has 0 bridgehead atoms. The molecule has 178 valence electrons. The number of carbonyl (C=O) groups excluding carboxylic acids is 1. The molecule has 8 nitrogen and oxygen atoms in total. The van der Waals surface area contributed by atoms with E-state index in [-0.39, 0.29) is 11.8 Å².